The summed E-state index contributed by atoms with van der Waals surface area (Å²) in [5, 5.41) is 0. The van der Waals surface area contributed by atoms with Gasteiger partial charge in [0.25, 0.3) is 0 Å². The number of aryl methyl sites for hydroxylation is 1. The van der Waals surface area contributed by atoms with Gasteiger partial charge in [0, 0.05) is 16.9 Å². The number of pyridine rings is 1. The van der Waals surface area contributed by atoms with Gasteiger partial charge in [0.1, 0.15) is 5.75 Å². The summed E-state index contributed by atoms with van der Waals surface area (Å²) >= 11 is 0. The van der Waals surface area contributed by atoms with Crippen molar-refractivity contribution in [2.24, 2.45) is 0 Å². The summed E-state index contributed by atoms with van der Waals surface area (Å²) in [4.78, 5) is 4.13. The smallest absolute Gasteiger partial charge is 0.232 e. The summed E-state index contributed by atoms with van der Waals surface area (Å²) in [5.74, 6) is 0.859. The zero-order valence-electron chi connectivity index (χ0n) is 10.4. The molecule has 0 spiro atoms. The fourth-order valence-corrected chi connectivity index (χ4v) is 2.41. The Kier molecular flexibility index (Phi) is 6.43. The number of aromatic nitrogens is 1. The van der Waals surface area contributed by atoms with Crippen LogP contribution in [0.4, 0.5) is 0 Å². The zero-order chi connectivity index (χ0) is 13.4. The van der Waals surface area contributed by atoms with Gasteiger partial charge >= 0.3 is 0 Å². The molecule has 0 unspecified atom stereocenters. The highest BCUT2D eigenvalue weighted by atomic mass is 35.7. The predicted molar refractivity (Wildman–Crippen MR) is 72.6 cm³/mol. The minimum atomic E-state index is -3.33. The average Bonchev–Trinajstić information content (AvgIpc) is 2.28. The van der Waals surface area contributed by atoms with Gasteiger partial charge in [0.05, 0.1) is 18.1 Å². The Morgan fingerprint density at radius 2 is 2.00 bits per heavy atom. The lowest BCUT2D eigenvalue weighted by Crippen LogP contribution is -2.01. The van der Waals surface area contributed by atoms with E-state index in [2.05, 4.69) is 4.98 Å². The number of nitrogens with zero attached hydrogens (tertiary/aromatic N) is 1. The van der Waals surface area contributed by atoms with E-state index in [1.54, 1.807) is 6.20 Å². The Labute approximate surface area is 113 Å². The van der Waals surface area contributed by atoms with Crippen LogP contribution in [0.15, 0.2) is 18.3 Å². The molecule has 18 heavy (non-hydrogen) atoms. The van der Waals surface area contributed by atoms with Crippen LogP contribution in [-0.4, -0.2) is 25.8 Å². The van der Waals surface area contributed by atoms with Gasteiger partial charge in [-0.1, -0.05) is 12.8 Å². The lowest BCUT2D eigenvalue weighted by atomic mass is 10.2. The molecule has 1 heterocycles. The van der Waals surface area contributed by atoms with Crippen molar-refractivity contribution < 1.29 is 13.2 Å². The summed E-state index contributed by atoms with van der Waals surface area (Å²) in [7, 11) is 1.78. The quantitative estimate of drug-likeness (QED) is 0.546. The summed E-state index contributed by atoms with van der Waals surface area (Å²) in [6.07, 6.45) is 5.02. The van der Waals surface area contributed by atoms with E-state index in [1.165, 1.54) is 0 Å². The van der Waals surface area contributed by atoms with Crippen molar-refractivity contribution in [2.45, 2.75) is 32.6 Å². The number of halogens is 1. The molecular weight excluding hydrogens is 274 g/mol. The van der Waals surface area contributed by atoms with Crippen molar-refractivity contribution in [3.63, 3.8) is 0 Å². The standard InChI is InChI=1S/C12H18ClNO3S/c1-11-12(7-6-8-14-11)17-9-4-2-3-5-10-18(13,15)16/h6-8H,2-5,9-10H2,1H3. The summed E-state index contributed by atoms with van der Waals surface area (Å²) < 4.78 is 26.9. The molecule has 1 rings (SSSR count). The largest absolute Gasteiger partial charge is 0.492 e. The molecule has 0 amide bonds. The van der Waals surface area contributed by atoms with Gasteiger partial charge in [-0.05, 0) is 31.9 Å². The first-order valence-electron chi connectivity index (χ1n) is 5.96. The van der Waals surface area contributed by atoms with Crippen LogP contribution in [-0.2, 0) is 9.05 Å². The third kappa shape index (κ3) is 6.81. The molecule has 6 heteroatoms. The van der Waals surface area contributed by atoms with Crippen molar-refractivity contribution in [3.8, 4) is 5.75 Å². The van der Waals surface area contributed by atoms with Gasteiger partial charge in [0.15, 0.2) is 0 Å². The molecule has 0 saturated heterocycles. The fourth-order valence-electron chi connectivity index (χ4n) is 1.53. The van der Waals surface area contributed by atoms with E-state index in [-0.39, 0.29) is 5.75 Å². The zero-order valence-corrected chi connectivity index (χ0v) is 12.0. The maximum Gasteiger partial charge on any atom is 0.232 e. The Morgan fingerprint density at radius 1 is 1.28 bits per heavy atom. The molecule has 0 aliphatic rings. The number of hydrogen-bond acceptors (Lipinski definition) is 4. The second-order valence-electron chi connectivity index (χ2n) is 4.09. The van der Waals surface area contributed by atoms with E-state index in [1.807, 2.05) is 19.1 Å². The molecule has 0 fully saturated rings. The molecule has 0 radical (unpaired) electrons. The second kappa shape index (κ2) is 7.59. The van der Waals surface area contributed by atoms with E-state index in [4.69, 9.17) is 15.4 Å². The summed E-state index contributed by atoms with van der Waals surface area (Å²) in [5.41, 5.74) is 0.880. The molecule has 0 saturated carbocycles. The Balaban J connectivity index is 2.08. The van der Waals surface area contributed by atoms with Crippen LogP contribution in [0.5, 0.6) is 5.75 Å². The van der Waals surface area contributed by atoms with Crippen molar-refractivity contribution in [2.75, 3.05) is 12.4 Å². The molecule has 1 aromatic rings. The van der Waals surface area contributed by atoms with Crippen LogP contribution in [0.2, 0.25) is 0 Å². The van der Waals surface area contributed by atoms with Crippen molar-refractivity contribution in [3.05, 3.63) is 24.0 Å². The van der Waals surface area contributed by atoms with Crippen molar-refractivity contribution in [1.29, 1.82) is 0 Å². The highest BCUT2D eigenvalue weighted by molar-refractivity contribution is 8.13. The minimum absolute atomic E-state index is 0.0527. The van der Waals surface area contributed by atoms with Crippen LogP contribution >= 0.6 is 10.7 Å². The molecule has 0 N–H and O–H groups in total. The molecule has 0 aromatic carbocycles. The minimum Gasteiger partial charge on any atom is -0.492 e. The van der Waals surface area contributed by atoms with Crippen LogP contribution in [0.3, 0.4) is 0 Å². The van der Waals surface area contributed by atoms with Gasteiger partial charge < -0.3 is 4.74 Å². The maximum atomic E-state index is 10.7. The topological polar surface area (TPSA) is 56.3 Å². The van der Waals surface area contributed by atoms with Gasteiger partial charge in [-0.2, -0.15) is 0 Å². The van der Waals surface area contributed by atoms with E-state index in [9.17, 15) is 8.42 Å². The maximum absolute atomic E-state index is 10.7. The van der Waals surface area contributed by atoms with E-state index >= 15 is 0 Å². The molecule has 0 aliphatic heterocycles. The van der Waals surface area contributed by atoms with Crippen LogP contribution in [0, 0.1) is 6.92 Å². The normalized spacial score (nSPS) is 11.4. The molecule has 0 bridgehead atoms. The number of ether oxygens (including phenoxy) is 1. The Hall–Kier alpha value is -0.810. The molecular formula is C12H18ClNO3S. The third-order valence-electron chi connectivity index (χ3n) is 2.50. The highest BCUT2D eigenvalue weighted by Gasteiger charge is 2.04. The molecule has 4 nitrogen and oxygen atoms in total. The summed E-state index contributed by atoms with van der Waals surface area (Å²) in [6.45, 7) is 2.53. The highest BCUT2D eigenvalue weighted by Crippen LogP contribution is 2.14. The van der Waals surface area contributed by atoms with Crippen LogP contribution in [0.25, 0.3) is 0 Å². The number of rotatable bonds is 8. The fraction of sp³-hybridized carbons (Fsp3) is 0.583. The second-order valence-corrected chi connectivity index (χ2v) is 6.99. The first kappa shape index (κ1) is 15.2. The predicted octanol–water partition coefficient (Wildman–Crippen LogP) is 2.90. The molecule has 102 valence electrons. The van der Waals surface area contributed by atoms with Gasteiger partial charge in [-0.25, -0.2) is 8.42 Å². The van der Waals surface area contributed by atoms with E-state index < -0.39 is 9.05 Å². The van der Waals surface area contributed by atoms with Crippen molar-refractivity contribution in [1.82, 2.24) is 4.98 Å². The average molecular weight is 292 g/mol. The van der Waals surface area contributed by atoms with E-state index in [0.717, 1.165) is 30.7 Å². The van der Waals surface area contributed by atoms with E-state index in [0.29, 0.717) is 13.0 Å². The van der Waals surface area contributed by atoms with Crippen LogP contribution < -0.4 is 4.74 Å². The van der Waals surface area contributed by atoms with Gasteiger partial charge in [-0.3, -0.25) is 4.98 Å². The lowest BCUT2D eigenvalue weighted by Gasteiger charge is -2.07. The monoisotopic (exact) mass is 291 g/mol. The third-order valence-corrected chi connectivity index (χ3v) is 3.74. The molecule has 0 aliphatic carbocycles. The van der Waals surface area contributed by atoms with Gasteiger partial charge in [0.2, 0.25) is 9.05 Å². The Bertz CT molecular complexity index is 462. The first-order chi connectivity index (χ1) is 8.49. The first-order valence-corrected chi connectivity index (χ1v) is 8.43. The Morgan fingerprint density at radius 3 is 2.67 bits per heavy atom. The van der Waals surface area contributed by atoms with Gasteiger partial charge in [-0.15, -0.1) is 0 Å². The molecule has 1 aromatic heterocycles. The number of unbranched alkanes of at least 4 members (excludes halogenated alkanes) is 3. The van der Waals surface area contributed by atoms with Crippen LogP contribution in [0.1, 0.15) is 31.4 Å². The SMILES string of the molecule is Cc1ncccc1OCCCCCCS(=O)(=O)Cl. The molecule has 0 atom stereocenters. The summed E-state index contributed by atoms with van der Waals surface area (Å²) in [6, 6.07) is 3.73. The number of hydrogen-bond donors (Lipinski definition) is 0. The lowest BCUT2D eigenvalue weighted by molar-refractivity contribution is 0.302. The van der Waals surface area contributed by atoms with Crippen molar-refractivity contribution >= 4 is 19.7 Å².